The third kappa shape index (κ3) is 4.67. The molecule has 1 fully saturated rings. The lowest BCUT2D eigenvalue weighted by molar-refractivity contribution is -0.120. The van der Waals surface area contributed by atoms with Crippen LogP contribution in [-0.4, -0.2) is 45.7 Å². The predicted molar refractivity (Wildman–Crippen MR) is 114 cm³/mol. The number of rotatable bonds is 5. The fraction of sp³-hybridized carbons (Fsp3) is 0.227. The first-order chi connectivity index (χ1) is 14.6. The lowest BCUT2D eigenvalue weighted by atomic mass is 10.2. The van der Waals surface area contributed by atoms with Gasteiger partial charge in [-0.1, -0.05) is 60.7 Å². The van der Waals surface area contributed by atoms with Crippen LogP contribution in [0.1, 0.15) is 12.0 Å². The number of aliphatic hydroxyl groups is 1. The number of hydrogen-bond donors (Lipinski definition) is 2. The first kappa shape index (κ1) is 20.1. The van der Waals surface area contributed by atoms with E-state index in [1.54, 1.807) is 0 Å². The molecule has 2 amide bonds. The number of nitrogens with one attached hydrogen (secondary N) is 1. The molecule has 8 heteroatoms. The summed E-state index contributed by atoms with van der Waals surface area (Å²) in [5, 5.41) is 15.1. The number of β-amino-alcohol motifs (C(OH)–C–C–N with tert-alkyl or cyclic N) is 1. The van der Waals surface area contributed by atoms with E-state index in [-0.39, 0.29) is 19.6 Å². The molecule has 0 aliphatic carbocycles. The Morgan fingerprint density at radius 1 is 1.13 bits per heavy atom. The number of carbonyl (C=O) groups is 2. The van der Waals surface area contributed by atoms with Crippen molar-refractivity contribution in [2.24, 2.45) is 0 Å². The maximum absolute atomic E-state index is 12.8. The zero-order chi connectivity index (χ0) is 20.9. The molecular formula is C22H21N3O4S. The largest absolute Gasteiger partial charge is 0.445 e. The summed E-state index contributed by atoms with van der Waals surface area (Å²) in [6, 6.07) is 18.1. The van der Waals surface area contributed by atoms with Gasteiger partial charge in [0, 0.05) is 17.4 Å². The minimum absolute atomic E-state index is 0.0544. The van der Waals surface area contributed by atoms with Crippen LogP contribution in [-0.2, 0) is 16.1 Å². The van der Waals surface area contributed by atoms with Gasteiger partial charge in [-0.15, -0.1) is 11.3 Å². The predicted octanol–water partition coefficient (Wildman–Crippen LogP) is 3.52. The fourth-order valence-corrected chi connectivity index (χ4v) is 4.05. The van der Waals surface area contributed by atoms with Gasteiger partial charge in [-0.2, -0.15) is 0 Å². The highest BCUT2D eigenvalue weighted by Gasteiger charge is 2.40. The Morgan fingerprint density at radius 3 is 2.57 bits per heavy atom. The van der Waals surface area contributed by atoms with E-state index in [1.807, 2.05) is 66.0 Å². The number of benzene rings is 2. The quantitative estimate of drug-likeness (QED) is 0.655. The highest BCUT2D eigenvalue weighted by molar-refractivity contribution is 7.14. The standard InChI is InChI=1S/C22H21N3O4S/c26-17-11-19(25(12-17)22(28)29-13-15-7-3-1-4-8-15)20(27)24-21-23-18(14-30-21)16-9-5-2-6-10-16/h1-10,14,17,19,26H,11-13H2,(H,23,24,27)/t17-,19-/m0/s1. The van der Waals surface area contributed by atoms with E-state index >= 15 is 0 Å². The SMILES string of the molecule is O=C(Nc1nc(-c2ccccc2)cs1)[C@@H]1C[C@H](O)CN1C(=O)OCc1ccccc1. The second kappa shape index (κ2) is 9.06. The van der Waals surface area contributed by atoms with Gasteiger partial charge in [-0.3, -0.25) is 9.69 Å². The molecule has 2 N–H and O–H groups in total. The Labute approximate surface area is 177 Å². The summed E-state index contributed by atoms with van der Waals surface area (Å²) in [4.78, 5) is 31.0. The number of likely N-dealkylation sites (tertiary alicyclic amines) is 1. The molecule has 4 rings (SSSR count). The molecule has 1 aromatic heterocycles. The second-order valence-corrected chi connectivity index (χ2v) is 7.85. The van der Waals surface area contributed by atoms with Crippen LogP contribution >= 0.6 is 11.3 Å². The monoisotopic (exact) mass is 423 g/mol. The molecular weight excluding hydrogens is 402 g/mol. The average Bonchev–Trinajstić information content (AvgIpc) is 3.40. The summed E-state index contributed by atoms with van der Waals surface area (Å²) in [5.74, 6) is -0.392. The number of carbonyl (C=O) groups excluding carboxylic acids is 2. The number of aliphatic hydroxyl groups excluding tert-OH is 1. The van der Waals surface area contributed by atoms with E-state index in [2.05, 4.69) is 10.3 Å². The number of nitrogens with zero attached hydrogens (tertiary/aromatic N) is 2. The number of aromatic nitrogens is 1. The van der Waals surface area contributed by atoms with Crippen molar-refractivity contribution in [3.63, 3.8) is 0 Å². The minimum atomic E-state index is -0.813. The number of amides is 2. The smallest absolute Gasteiger partial charge is 0.410 e. The highest BCUT2D eigenvalue weighted by atomic mass is 32.1. The average molecular weight is 423 g/mol. The third-order valence-corrected chi connectivity index (χ3v) is 5.58. The number of hydrogen-bond acceptors (Lipinski definition) is 6. The molecule has 3 aromatic rings. The van der Waals surface area contributed by atoms with Crippen LogP contribution in [0.15, 0.2) is 66.0 Å². The van der Waals surface area contributed by atoms with Gasteiger partial charge in [0.25, 0.3) is 0 Å². The Kier molecular flexibility index (Phi) is 6.06. The van der Waals surface area contributed by atoms with E-state index < -0.39 is 24.1 Å². The van der Waals surface area contributed by atoms with Crippen molar-refractivity contribution in [1.29, 1.82) is 0 Å². The van der Waals surface area contributed by atoms with Crippen molar-refractivity contribution in [3.05, 3.63) is 71.6 Å². The van der Waals surface area contributed by atoms with Crippen molar-refractivity contribution < 1.29 is 19.4 Å². The Bertz CT molecular complexity index is 1010. The summed E-state index contributed by atoms with van der Waals surface area (Å²) in [6.45, 7) is 0.159. The van der Waals surface area contributed by atoms with Gasteiger partial charge >= 0.3 is 6.09 Å². The molecule has 30 heavy (non-hydrogen) atoms. The number of thiazole rings is 1. The Morgan fingerprint density at radius 2 is 1.83 bits per heavy atom. The van der Waals surface area contributed by atoms with Crippen molar-refractivity contribution in [2.45, 2.75) is 25.2 Å². The molecule has 0 bridgehead atoms. The van der Waals surface area contributed by atoms with E-state index in [9.17, 15) is 14.7 Å². The molecule has 1 saturated heterocycles. The third-order valence-electron chi connectivity index (χ3n) is 4.83. The zero-order valence-electron chi connectivity index (χ0n) is 16.1. The summed E-state index contributed by atoms with van der Waals surface area (Å²) in [6.07, 6.45) is -1.25. The van der Waals surface area contributed by atoms with Gasteiger partial charge in [-0.05, 0) is 5.56 Å². The molecule has 1 aliphatic rings. The van der Waals surface area contributed by atoms with Gasteiger partial charge in [0.05, 0.1) is 18.3 Å². The molecule has 2 heterocycles. The molecule has 0 radical (unpaired) electrons. The molecule has 2 aromatic carbocycles. The summed E-state index contributed by atoms with van der Waals surface area (Å²) in [7, 11) is 0. The normalized spacial score (nSPS) is 18.2. The fourth-order valence-electron chi connectivity index (χ4n) is 3.33. The van der Waals surface area contributed by atoms with Crippen LogP contribution in [0, 0.1) is 0 Å². The van der Waals surface area contributed by atoms with Gasteiger partial charge in [0.1, 0.15) is 12.6 Å². The summed E-state index contributed by atoms with van der Waals surface area (Å²) >= 11 is 1.31. The van der Waals surface area contributed by atoms with E-state index in [0.717, 1.165) is 16.8 Å². The first-order valence-electron chi connectivity index (χ1n) is 9.57. The Hall–Kier alpha value is -3.23. The van der Waals surface area contributed by atoms with Gasteiger partial charge < -0.3 is 15.2 Å². The van der Waals surface area contributed by atoms with Crippen molar-refractivity contribution in [3.8, 4) is 11.3 Å². The molecule has 0 unspecified atom stereocenters. The maximum atomic E-state index is 12.8. The van der Waals surface area contributed by atoms with Crippen LogP contribution in [0.4, 0.5) is 9.93 Å². The van der Waals surface area contributed by atoms with Crippen LogP contribution in [0.2, 0.25) is 0 Å². The summed E-state index contributed by atoms with van der Waals surface area (Å²) < 4.78 is 5.34. The molecule has 1 aliphatic heterocycles. The zero-order valence-corrected chi connectivity index (χ0v) is 16.9. The Balaban J connectivity index is 1.39. The highest BCUT2D eigenvalue weighted by Crippen LogP contribution is 2.26. The number of ether oxygens (including phenoxy) is 1. The van der Waals surface area contributed by atoms with Gasteiger partial charge in [0.15, 0.2) is 5.13 Å². The van der Waals surface area contributed by atoms with Gasteiger partial charge in [0.2, 0.25) is 5.91 Å². The topological polar surface area (TPSA) is 91.8 Å². The minimum Gasteiger partial charge on any atom is -0.445 e. The van der Waals surface area contributed by atoms with E-state index in [4.69, 9.17) is 4.74 Å². The number of anilines is 1. The van der Waals surface area contributed by atoms with E-state index in [1.165, 1.54) is 16.2 Å². The molecule has 2 atom stereocenters. The second-order valence-electron chi connectivity index (χ2n) is 6.99. The molecule has 7 nitrogen and oxygen atoms in total. The lowest BCUT2D eigenvalue weighted by Crippen LogP contribution is -2.43. The van der Waals surface area contributed by atoms with Crippen molar-refractivity contribution in [1.82, 2.24) is 9.88 Å². The van der Waals surface area contributed by atoms with Crippen LogP contribution in [0.3, 0.4) is 0 Å². The maximum Gasteiger partial charge on any atom is 0.410 e. The van der Waals surface area contributed by atoms with Crippen LogP contribution in [0.25, 0.3) is 11.3 Å². The van der Waals surface area contributed by atoms with Crippen LogP contribution in [0.5, 0.6) is 0 Å². The molecule has 154 valence electrons. The van der Waals surface area contributed by atoms with E-state index in [0.29, 0.717) is 5.13 Å². The summed E-state index contributed by atoms with van der Waals surface area (Å²) in [5.41, 5.74) is 2.57. The first-order valence-corrected chi connectivity index (χ1v) is 10.5. The lowest BCUT2D eigenvalue weighted by Gasteiger charge is -2.22. The van der Waals surface area contributed by atoms with Crippen molar-refractivity contribution in [2.75, 3.05) is 11.9 Å². The molecule has 0 saturated carbocycles. The molecule has 0 spiro atoms. The van der Waals surface area contributed by atoms with Crippen molar-refractivity contribution >= 4 is 28.5 Å². The van der Waals surface area contributed by atoms with Gasteiger partial charge in [-0.25, -0.2) is 9.78 Å². The van der Waals surface area contributed by atoms with Crippen LogP contribution < -0.4 is 5.32 Å².